The van der Waals surface area contributed by atoms with E-state index in [-0.39, 0.29) is 24.2 Å². The second kappa shape index (κ2) is 5.94. The molecule has 5 nitrogen and oxygen atoms in total. The molecule has 5 heteroatoms. The molecule has 0 bridgehead atoms. The predicted molar refractivity (Wildman–Crippen MR) is 71.8 cm³/mol. The van der Waals surface area contributed by atoms with E-state index in [0.29, 0.717) is 18.6 Å². The Morgan fingerprint density at radius 2 is 2.15 bits per heavy atom. The second-order valence-corrected chi connectivity index (χ2v) is 5.16. The molecular formula is C15H18O5. The van der Waals surface area contributed by atoms with Crippen molar-refractivity contribution in [3.8, 4) is 5.75 Å². The maximum Gasteiger partial charge on any atom is 0.306 e. The van der Waals surface area contributed by atoms with Crippen molar-refractivity contribution < 1.29 is 24.5 Å². The van der Waals surface area contributed by atoms with E-state index in [9.17, 15) is 9.59 Å². The highest BCUT2D eigenvalue weighted by Gasteiger charge is 2.48. The number of hydrogen-bond acceptors (Lipinski definition) is 3. The van der Waals surface area contributed by atoms with Gasteiger partial charge < -0.3 is 14.9 Å². The summed E-state index contributed by atoms with van der Waals surface area (Å²) in [6.45, 7) is 0. The van der Waals surface area contributed by atoms with E-state index >= 15 is 0 Å². The molecule has 0 spiro atoms. The third-order valence-corrected chi connectivity index (χ3v) is 3.86. The van der Waals surface area contributed by atoms with Crippen LogP contribution in [-0.4, -0.2) is 29.3 Å². The molecule has 108 valence electrons. The number of methoxy groups -OCH3 is 1. The highest BCUT2D eigenvalue weighted by Crippen LogP contribution is 2.50. The van der Waals surface area contributed by atoms with Crippen LogP contribution in [0.4, 0.5) is 0 Å². The van der Waals surface area contributed by atoms with Crippen molar-refractivity contribution in [1.82, 2.24) is 0 Å². The molecular weight excluding hydrogens is 260 g/mol. The standard InChI is InChI=1S/C15H18O5/c1-20-10-4-2-3-9(7-10)11(5-6-14(16)17)12-8-13(12)15(18)19/h2-4,7,11-13H,5-6,8H2,1H3,(H,16,17)(H,18,19). The van der Waals surface area contributed by atoms with Gasteiger partial charge in [-0.25, -0.2) is 0 Å². The minimum atomic E-state index is -0.856. The van der Waals surface area contributed by atoms with Gasteiger partial charge in [-0.05, 0) is 42.4 Å². The lowest BCUT2D eigenvalue weighted by Gasteiger charge is -2.17. The molecule has 1 saturated carbocycles. The molecule has 0 radical (unpaired) electrons. The highest BCUT2D eigenvalue weighted by atomic mass is 16.5. The summed E-state index contributed by atoms with van der Waals surface area (Å²) in [6.07, 6.45) is 1.12. The topological polar surface area (TPSA) is 83.8 Å². The maximum absolute atomic E-state index is 11.0. The van der Waals surface area contributed by atoms with Crippen molar-refractivity contribution in [2.24, 2.45) is 11.8 Å². The zero-order chi connectivity index (χ0) is 14.7. The van der Waals surface area contributed by atoms with Crippen LogP contribution >= 0.6 is 0 Å². The molecule has 0 saturated heterocycles. The molecule has 1 aromatic carbocycles. The van der Waals surface area contributed by atoms with Crippen molar-refractivity contribution in [2.45, 2.75) is 25.2 Å². The molecule has 1 aromatic rings. The average molecular weight is 278 g/mol. The van der Waals surface area contributed by atoms with Gasteiger partial charge >= 0.3 is 11.9 Å². The van der Waals surface area contributed by atoms with Gasteiger partial charge in [0.25, 0.3) is 0 Å². The van der Waals surface area contributed by atoms with E-state index in [1.165, 1.54) is 0 Å². The zero-order valence-electron chi connectivity index (χ0n) is 11.3. The number of rotatable bonds is 7. The summed E-state index contributed by atoms with van der Waals surface area (Å²) in [5, 5.41) is 17.9. The van der Waals surface area contributed by atoms with Crippen LogP contribution < -0.4 is 4.74 Å². The Bertz CT molecular complexity index is 511. The van der Waals surface area contributed by atoms with Gasteiger partial charge in [-0.1, -0.05) is 12.1 Å². The fraction of sp³-hybridized carbons (Fsp3) is 0.467. The molecule has 1 fully saturated rings. The average Bonchev–Trinajstić information content (AvgIpc) is 3.19. The monoisotopic (exact) mass is 278 g/mol. The largest absolute Gasteiger partial charge is 0.497 e. The lowest BCUT2D eigenvalue weighted by atomic mass is 9.88. The van der Waals surface area contributed by atoms with E-state index < -0.39 is 11.9 Å². The summed E-state index contributed by atoms with van der Waals surface area (Å²) < 4.78 is 5.17. The molecule has 3 atom stereocenters. The molecule has 0 aliphatic heterocycles. The van der Waals surface area contributed by atoms with Crippen LogP contribution in [0.2, 0.25) is 0 Å². The third kappa shape index (κ3) is 3.29. The van der Waals surface area contributed by atoms with Gasteiger partial charge in [0.2, 0.25) is 0 Å². The van der Waals surface area contributed by atoms with Crippen LogP contribution in [0.3, 0.4) is 0 Å². The molecule has 0 heterocycles. The minimum Gasteiger partial charge on any atom is -0.497 e. The number of benzene rings is 1. The van der Waals surface area contributed by atoms with Gasteiger partial charge in [0.1, 0.15) is 5.75 Å². The number of hydrogen-bond donors (Lipinski definition) is 2. The predicted octanol–water partition coefficient (Wildman–Crippen LogP) is 2.36. The Hall–Kier alpha value is -2.04. The SMILES string of the molecule is COc1cccc(C(CCC(=O)O)C2CC2C(=O)O)c1. The Balaban J connectivity index is 2.17. The zero-order valence-corrected chi connectivity index (χ0v) is 11.3. The summed E-state index contributed by atoms with van der Waals surface area (Å²) >= 11 is 0. The van der Waals surface area contributed by atoms with Gasteiger partial charge in [-0.15, -0.1) is 0 Å². The Morgan fingerprint density at radius 3 is 2.70 bits per heavy atom. The van der Waals surface area contributed by atoms with Crippen LogP contribution in [0.25, 0.3) is 0 Å². The molecule has 1 aliphatic rings. The summed E-state index contributed by atoms with van der Waals surface area (Å²) in [5.74, 6) is -1.31. The molecule has 2 N–H and O–H groups in total. The van der Waals surface area contributed by atoms with Crippen LogP contribution in [0.5, 0.6) is 5.75 Å². The first-order chi connectivity index (χ1) is 9.52. The molecule has 20 heavy (non-hydrogen) atoms. The Labute approximate surface area is 117 Å². The normalized spacial score (nSPS) is 22.1. The van der Waals surface area contributed by atoms with Gasteiger partial charge in [-0.3, -0.25) is 9.59 Å². The minimum absolute atomic E-state index is 0.0268. The fourth-order valence-corrected chi connectivity index (χ4v) is 2.72. The van der Waals surface area contributed by atoms with Gasteiger partial charge in [0.15, 0.2) is 0 Å². The van der Waals surface area contributed by atoms with E-state index in [4.69, 9.17) is 14.9 Å². The maximum atomic E-state index is 11.0. The van der Waals surface area contributed by atoms with E-state index in [0.717, 1.165) is 5.56 Å². The third-order valence-electron chi connectivity index (χ3n) is 3.86. The first kappa shape index (κ1) is 14.4. The quantitative estimate of drug-likeness (QED) is 0.800. The Morgan fingerprint density at radius 1 is 1.40 bits per heavy atom. The van der Waals surface area contributed by atoms with E-state index in [2.05, 4.69) is 0 Å². The first-order valence-electron chi connectivity index (χ1n) is 6.61. The number of carboxylic acids is 2. The first-order valence-corrected chi connectivity index (χ1v) is 6.61. The number of carbonyl (C=O) groups is 2. The van der Waals surface area contributed by atoms with Crippen molar-refractivity contribution in [3.63, 3.8) is 0 Å². The summed E-state index contributed by atoms with van der Waals surface area (Å²) in [5.41, 5.74) is 0.958. The molecule has 0 amide bonds. The summed E-state index contributed by atoms with van der Waals surface area (Å²) in [6, 6.07) is 7.44. The molecule has 1 aliphatic carbocycles. The van der Waals surface area contributed by atoms with Crippen LogP contribution in [0.15, 0.2) is 24.3 Å². The number of ether oxygens (including phenoxy) is 1. The lowest BCUT2D eigenvalue weighted by Crippen LogP contribution is -2.10. The number of carboxylic acid groups (broad SMARTS) is 2. The van der Waals surface area contributed by atoms with Crippen LogP contribution in [0.1, 0.15) is 30.7 Å². The van der Waals surface area contributed by atoms with Crippen LogP contribution in [-0.2, 0) is 9.59 Å². The van der Waals surface area contributed by atoms with E-state index in [1.807, 2.05) is 24.3 Å². The summed E-state index contributed by atoms with van der Waals surface area (Å²) in [7, 11) is 1.57. The molecule has 3 unspecified atom stereocenters. The lowest BCUT2D eigenvalue weighted by molar-refractivity contribution is -0.139. The smallest absolute Gasteiger partial charge is 0.306 e. The molecule has 0 aromatic heterocycles. The van der Waals surface area contributed by atoms with Gasteiger partial charge in [0.05, 0.1) is 13.0 Å². The second-order valence-electron chi connectivity index (χ2n) is 5.16. The Kier molecular flexibility index (Phi) is 4.27. The van der Waals surface area contributed by atoms with Gasteiger partial charge in [-0.2, -0.15) is 0 Å². The van der Waals surface area contributed by atoms with Crippen molar-refractivity contribution in [1.29, 1.82) is 0 Å². The van der Waals surface area contributed by atoms with Gasteiger partial charge in [0, 0.05) is 6.42 Å². The molecule has 2 rings (SSSR count). The summed E-state index contributed by atoms with van der Waals surface area (Å²) in [4.78, 5) is 21.8. The number of aliphatic carboxylic acids is 2. The van der Waals surface area contributed by atoms with Crippen molar-refractivity contribution in [2.75, 3.05) is 7.11 Å². The fourth-order valence-electron chi connectivity index (χ4n) is 2.72. The van der Waals surface area contributed by atoms with E-state index in [1.54, 1.807) is 7.11 Å². The van der Waals surface area contributed by atoms with Crippen molar-refractivity contribution >= 4 is 11.9 Å². The van der Waals surface area contributed by atoms with Crippen LogP contribution in [0, 0.1) is 11.8 Å². The highest BCUT2D eigenvalue weighted by molar-refractivity contribution is 5.74. The van der Waals surface area contributed by atoms with Crippen molar-refractivity contribution in [3.05, 3.63) is 29.8 Å².